The van der Waals surface area contributed by atoms with E-state index in [-0.39, 0.29) is 30.4 Å². The first-order valence-corrected chi connectivity index (χ1v) is 7.08. The summed E-state index contributed by atoms with van der Waals surface area (Å²) in [6.45, 7) is 3.96. The molecular weight excluding hydrogens is 268 g/mol. The van der Waals surface area contributed by atoms with Crippen molar-refractivity contribution < 1.29 is 23.5 Å². The van der Waals surface area contributed by atoms with Gasteiger partial charge in [0, 0.05) is 29.7 Å². The van der Waals surface area contributed by atoms with Gasteiger partial charge in [0.15, 0.2) is 0 Å². The average Bonchev–Trinajstić information content (AvgIpc) is 2.71. The number of nitrogens with two attached hydrogens (primary N) is 1. The Morgan fingerprint density at radius 1 is 1.42 bits per heavy atom. The number of ether oxygens (including phenoxy) is 4. The van der Waals surface area contributed by atoms with Gasteiger partial charge in [0.05, 0.1) is 25.3 Å². The largest absolute Gasteiger partial charge is 0.382 e. The molecule has 1 heterocycles. The fourth-order valence-electron chi connectivity index (χ4n) is 2.20. The second-order valence-electron chi connectivity index (χ2n) is 4.55. The molecule has 0 aliphatic carbocycles. The lowest BCUT2D eigenvalue weighted by atomic mass is 9.92. The lowest BCUT2D eigenvalue weighted by Crippen LogP contribution is -2.43. The zero-order valence-electron chi connectivity index (χ0n) is 11.9. The zero-order chi connectivity index (χ0) is 14.3. The molecule has 2 N–H and O–H groups in total. The van der Waals surface area contributed by atoms with Crippen LogP contribution in [-0.2, 0) is 23.5 Å². The van der Waals surface area contributed by atoms with Crippen molar-refractivity contribution >= 4 is 17.3 Å². The molecule has 4 unspecified atom stereocenters. The third kappa shape index (κ3) is 4.94. The fraction of sp³-hybridized carbons (Fsp3) is 1.00. The number of hydrogen-bond acceptors (Lipinski definition) is 6. The van der Waals surface area contributed by atoms with Gasteiger partial charge < -0.3 is 29.2 Å². The van der Waals surface area contributed by atoms with Gasteiger partial charge in [-0.05, 0) is 6.92 Å². The molecule has 1 saturated heterocycles. The normalized spacial score (nSPS) is 32.6. The Hall–Kier alpha value is 0.255. The number of hydrogen-bond donors (Lipinski definition) is 1. The summed E-state index contributed by atoms with van der Waals surface area (Å²) in [4.78, 5) is 0. The van der Waals surface area contributed by atoms with Crippen molar-refractivity contribution in [1.82, 2.24) is 0 Å². The van der Waals surface area contributed by atoms with Crippen molar-refractivity contribution in [3.63, 3.8) is 0 Å². The van der Waals surface area contributed by atoms with E-state index < -0.39 is 0 Å². The Bertz CT molecular complexity index is 251. The van der Waals surface area contributed by atoms with Crippen LogP contribution in [0.2, 0.25) is 0 Å². The average molecular weight is 293 g/mol. The van der Waals surface area contributed by atoms with Crippen LogP contribution in [0.1, 0.15) is 6.92 Å². The maximum atomic E-state index is 5.96. The first kappa shape index (κ1) is 17.3. The molecule has 0 amide bonds. The SMILES string of the molecule is B[C@@H]1O[C@H](COCC)C(OP)C1OC(CN)COC. The van der Waals surface area contributed by atoms with E-state index in [1.165, 1.54) is 0 Å². The van der Waals surface area contributed by atoms with Crippen LogP contribution >= 0.6 is 9.47 Å². The number of rotatable bonds is 9. The molecule has 0 radical (unpaired) electrons. The zero-order valence-corrected chi connectivity index (χ0v) is 13.1. The third-order valence-electron chi connectivity index (χ3n) is 3.15. The molecule has 19 heavy (non-hydrogen) atoms. The van der Waals surface area contributed by atoms with Gasteiger partial charge in [0.25, 0.3) is 0 Å². The van der Waals surface area contributed by atoms with E-state index in [0.717, 1.165) is 0 Å². The minimum Gasteiger partial charge on any atom is -0.382 e. The topological polar surface area (TPSA) is 72.2 Å². The van der Waals surface area contributed by atoms with Crippen LogP contribution in [0.15, 0.2) is 0 Å². The van der Waals surface area contributed by atoms with E-state index in [1.54, 1.807) is 7.11 Å². The van der Waals surface area contributed by atoms with Gasteiger partial charge in [0.2, 0.25) is 0 Å². The second kappa shape index (κ2) is 9.24. The third-order valence-corrected chi connectivity index (χ3v) is 3.47. The molecule has 1 aliphatic heterocycles. The molecule has 1 aliphatic rings. The molecule has 112 valence electrons. The van der Waals surface area contributed by atoms with Crippen LogP contribution in [-0.4, -0.2) is 71.7 Å². The molecule has 0 aromatic rings. The Labute approximate surface area is 118 Å². The predicted octanol–water partition coefficient (Wildman–Crippen LogP) is -1.08. The Balaban J connectivity index is 2.59. The molecule has 1 rings (SSSR count). The Morgan fingerprint density at radius 2 is 2.16 bits per heavy atom. The van der Waals surface area contributed by atoms with Crippen molar-refractivity contribution in [3.05, 3.63) is 0 Å². The van der Waals surface area contributed by atoms with Crippen molar-refractivity contribution in [1.29, 1.82) is 0 Å². The summed E-state index contributed by atoms with van der Waals surface area (Å²) < 4.78 is 27.7. The minimum absolute atomic E-state index is 0.0677. The molecule has 0 spiro atoms. The van der Waals surface area contributed by atoms with Crippen LogP contribution in [0.25, 0.3) is 0 Å². The first-order valence-electron chi connectivity index (χ1n) is 6.61. The lowest BCUT2D eigenvalue weighted by Gasteiger charge is -2.26. The molecule has 0 aromatic carbocycles. The summed E-state index contributed by atoms with van der Waals surface area (Å²) in [7, 11) is 5.87. The van der Waals surface area contributed by atoms with E-state index in [9.17, 15) is 0 Å². The van der Waals surface area contributed by atoms with Gasteiger partial charge in [-0.25, -0.2) is 0 Å². The van der Waals surface area contributed by atoms with E-state index in [0.29, 0.717) is 26.4 Å². The van der Waals surface area contributed by atoms with Crippen molar-refractivity contribution in [2.75, 3.05) is 33.5 Å². The summed E-state index contributed by atoms with van der Waals surface area (Å²) in [5.41, 5.74) is 5.67. The quantitative estimate of drug-likeness (QED) is 0.430. The second-order valence-corrected chi connectivity index (χ2v) is 4.83. The Kier molecular flexibility index (Phi) is 8.42. The smallest absolute Gasteiger partial charge is 0.142 e. The molecule has 1 fully saturated rings. The van der Waals surface area contributed by atoms with E-state index >= 15 is 0 Å². The highest BCUT2D eigenvalue weighted by Gasteiger charge is 2.44. The Morgan fingerprint density at radius 3 is 2.68 bits per heavy atom. The van der Waals surface area contributed by atoms with Crippen LogP contribution in [0.3, 0.4) is 0 Å². The summed E-state index contributed by atoms with van der Waals surface area (Å²) >= 11 is 0. The summed E-state index contributed by atoms with van der Waals surface area (Å²) in [5, 5.41) is 0. The standard InChI is InChI=1S/C11H25BNO5P/c1-3-15-6-8-9(18-19)10(11(12)17-8)16-7(4-13)5-14-2/h7-11H,3-6,12-13,19H2,1-2H3/t7?,8-,9?,10?,11-/m1/s1. The van der Waals surface area contributed by atoms with Crippen molar-refractivity contribution in [2.45, 2.75) is 37.3 Å². The van der Waals surface area contributed by atoms with E-state index in [4.69, 9.17) is 29.2 Å². The van der Waals surface area contributed by atoms with Gasteiger partial charge >= 0.3 is 0 Å². The monoisotopic (exact) mass is 293 g/mol. The summed E-state index contributed by atoms with van der Waals surface area (Å²) in [5.74, 6) is 0. The van der Waals surface area contributed by atoms with Crippen molar-refractivity contribution in [2.24, 2.45) is 5.73 Å². The molecule has 6 atom stereocenters. The fourth-order valence-corrected chi connectivity index (χ4v) is 2.53. The van der Waals surface area contributed by atoms with Gasteiger partial charge in [-0.3, -0.25) is 0 Å². The number of methoxy groups -OCH3 is 1. The van der Waals surface area contributed by atoms with Gasteiger partial charge in [-0.2, -0.15) is 0 Å². The molecule has 8 heteroatoms. The maximum Gasteiger partial charge on any atom is 0.142 e. The lowest BCUT2D eigenvalue weighted by molar-refractivity contribution is -0.0754. The highest BCUT2D eigenvalue weighted by atomic mass is 31.0. The maximum absolute atomic E-state index is 5.96. The summed E-state index contributed by atoms with van der Waals surface area (Å²) in [6, 6.07) is -0.0677. The highest BCUT2D eigenvalue weighted by Crippen LogP contribution is 2.27. The molecule has 0 saturated carbocycles. The molecule has 0 bridgehead atoms. The van der Waals surface area contributed by atoms with Gasteiger partial charge in [-0.15, -0.1) is 0 Å². The van der Waals surface area contributed by atoms with E-state index in [1.807, 2.05) is 14.8 Å². The summed E-state index contributed by atoms with van der Waals surface area (Å²) in [6.07, 6.45) is -0.642. The van der Waals surface area contributed by atoms with Crippen LogP contribution in [0.4, 0.5) is 0 Å². The van der Waals surface area contributed by atoms with E-state index in [2.05, 4.69) is 9.47 Å². The molecular formula is C11H25BNO5P. The molecule has 6 nitrogen and oxygen atoms in total. The van der Waals surface area contributed by atoms with Gasteiger partial charge in [-0.1, -0.05) is 0 Å². The molecule has 0 aromatic heterocycles. The predicted molar refractivity (Wildman–Crippen MR) is 77.9 cm³/mol. The highest BCUT2D eigenvalue weighted by molar-refractivity contribution is 7.09. The van der Waals surface area contributed by atoms with Gasteiger partial charge in [0.1, 0.15) is 26.2 Å². The minimum atomic E-state index is -0.183. The van der Waals surface area contributed by atoms with Crippen molar-refractivity contribution in [3.8, 4) is 0 Å². The van der Waals surface area contributed by atoms with Crippen LogP contribution in [0.5, 0.6) is 0 Å². The first-order chi connectivity index (χ1) is 9.17. The van der Waals surface area contributed by atoms with Crippen LogP contribution in [0, 0.1) is 0 Å². The van der Waals surface area contributed by atoms with Crippen LogP contribution < -0.4 is 5.73 Å².